The van der Waals surface area contributed by atoms with Crippen LogP contribution in [0.4, 0.5) is 0 Å². The second kappa shape index (κ2) is 6.21. The highest BCUT2D eigenvalue weighted by Crippen LogP contribution is 2.27. The lowest BCUT2D eigenvalue weighted by Gasteiger charge is -2.18. The van der Waals surface area contributed by atoms with Gasteiger partial charge in [-0.15, -0.1) is 6.58 Å². The summed E-state index contributed by atoms with van der Waals surface area (Å²) in [6, 6.07) is 4.92. The summed E-state index contributed by atoms with van der Waals surface area (Å²) in [4.78, 5) is 0. The molecule has 0 radical (unpaired) electrons. The number of rotatable bonds is 5. The summed E-state index contributed by atoms with van der Waals surface area (Å²) in [6.45, 7) is 8.05. The Kier molecular flexibility index (Phi) is 5.23. The zero-order valence-corrected chi connectivity index (χ0v) is 11.9. The average molecular weight is 282 g/mol. The molecular weight excluding hydrogens is 262 g/mol. The summed E-state index contributed by atoms with van der Waals surface area (Å²) in [7, 11) is 2.01. The van der Waals surface area contributed by atoms with Crippen LogP contribution in [-0.4, -0.2) is 7.05 Å². The highest BCUT2D eigenvalue weighted by molar-refractivity contribution is 9.10. The molecule has 1 N–H and O–H groups in total. The summed E-state index contributed by atoms with van der Waals surface area (Å²) in [5, 5.41) is 3.36. The van der Waals surface area contributed by atoms with Crippen molar-refractivity contribution in [1.29, 1.82) is 0 Å². The second-order valence-corrected chi connectivity index (χ2v) is 4.97. The van der Waals surface area contributed by atoms with Crippen molar-refractivity contribution in [2.75, 3.05) is 7.05 Å². The van der Waals surface area contributed by atoms with Gasteiger partial charge in [0.1, 0.15) is 0 Å². The molecule has 0 aliphatic rings. The van der Waals surface area contributed by atoms with Gasteiger partial charge in [-0.1, -0.05) is 34.1 Å². The molecule has 1 atom stereocenters. The molecule has 0 aliphatic heterocycles. The molecule has 0 aromatic heterocycles. The number of hydrogen-bond acceptors (Lipinski definition) is 1. The van der Waals surface area contributed by atoms with Crippen molar-refractivity contribution in [2.45, 2.75) is 32.7 Å². The number of benzene rings is 1. The van der Waals surface area contributed by atoms with E-state index in [0.717, 1.165) is 12.8 Å². The van der Waals surface area contributed by atoms with Crippen LogP contribution < -0.4 is 5.32 Å². The zero-order valence-electron chi connectivity index (χ0n) is 10.3. The Labute approximate surface area is 107 Å². The van der Waals surface area contributed by atoms with Gasteiger partial charge < -0.3 is 5.32 Å². The van der Waals surface area contributed by atoms with Gasteiger partial charge in [-0.3, -0.25) is 0 Å². The predicted molar refractivity (Wildman–Crippen MR) is 74.8 cm³/mol. The van der Waals surface area contributed by atoms with Crippen molar-refractivity contribution in [2.24, 2.45) is 0 Å². The minimum absolute atomic E-state index is 0.420. The van der Waals surface area contributed by atoms with Gasteiger partial charge in [-0.05, 0) is 50.4 Å². The van der Waals surface area contributed by atoms with Crippen LogP contribution in [0, 0.1) is 13.8 Å². The van der Waals surface area contributed by atoms with E-state index in [1.165, 1.54) is 21.2 Å². The second-order valence-electron chi connectivity index (χ2n) is 4.18. The molecule has 0 fully saturated rings. The Morgan fingerprint density at radius 2 is 1.94 bits per heavy atom. The first kappa shape index (κ1) is 13.5. The molecule has 88 valence electrons. The van der Waals surface area contributed by atoms with E-state index in [4.69, 9.17) is 0 Å². The number of allylic oxidation sites excluding steroid dienone is 1. The van der Waals surface area contributed by atoms with Crippen LogP contribution in [0.2, 0.25) is 0 Å². The first-order valence-electron chi connectivity index (χ1n) is 5.65. The zero-order chi connectivity index (χ0) is 12.1. The lowest BCUT2D eigenvalue weighted by Crippen LogP contribution is -2.16. The largest absolute Gasteiger partial charge is 0.313 e. The molecule has 0 saturated heterocycles. The fourth-order valence-electron chi connectivity index (χ4n) is 1.94. The van der Waals surface area contributed by atoms with Gasteiger partial charge in [-0.25, -0.2) is 0 Å². The third-order valence-corrected chi connectivity index (χ3v) is 4.12. The summed E-state index contributed by atoms with van der Waals surface area (Å²) < 4.78 is 1.22. The molecule has 1 aromatic rings. The van der Waals surface area contributed by atoms with Crippen molar-refractivity contribution >= 4 is 15.9 Å². The van der Waals surface area contributed by atoms with Crippen molar-refractivity contribution < 1.29 is 0 Å². The van der Waals surface area contributed by atoms with Gasteiger partial charge in [0.2, 0.25) is 0 Å². The molecule has 0 saturated carbocycles. The van der Waals surface area contributed by atoms with Crippen LogP contribution in [-0.2, 0) is 0 Å². The maximum Gasteiger partial charge on any atom is 0.0320 e. The molecule has 0 heterocycles. The quantitative estimate of drug-likeness (QED) is 0.794. The SMILES string of the molecule is C=CCCC(NC)c1cc(C)c(Br)c(C)c1. The van der Waals surface area contributed by atoms with Crippen LogP contribution in [0.5, 0.6) is 0 Å². The molecule has 0 spiro atoms. The Hall–Kier alpha value is -0.600. The van der Waals surface area contributed by atoms with E-state index >= 15 is 0 Å². The van der Waals surface area contributed by atoms with Crippen LogP contribution in [0.15, 0.2) is 29.3 Å². The first-order chi connectivity index (χ1) is 7.60. The maximum absolute atomic E-state index is 3.77. The molecular formula is C14H20BrN. The van der Waals surface area contributed by atoms with Crippen LogP contribution in [0.3, 0.4) is 0 Å². The fraction of sp³-hybridized carbons (Fsp3) is 0.429. The van der Waals surface area contributed by atoms with Gasteiger partial charge >= 0.3 is 0 Å². The first-order valence-corrected chi connectivity index (χ1v) is 6.44. The summed E-state index contributed by atoms with van der Waals surface area (Å²) in [5.41, 5.74) is 3.96. The van der Waals surface area contributed by atoms with Gasteiger partial charge in [0, 0.05) is 10.5 Å². The monoisotopic (exact) mass is 281 g/mol. The van der Waals surface area contributed by atoms with E-state index in [1.807, 2.05) is 13.1 Å². The van der Waals surface area contributed by atoms with Crippen molar-refractivity contribution in [3.8, 4) is 0 Å². The topological polar surface area (TPSA) is 12.0 Å². The molecule has 1 nitrogen and oxygen atoms in total. The number of nitrogens with one attached hydrogen (secondary N) is 1. The summed E-state index contributed by atoms with van der Waals surface area (Å²) in [6.07, 6.45) is 4.11. The standard InChI is InChI=1S/C14H20BrN/c1-5-6-7-13(16-4)12-8-10(2)14(15)11(3)9-12/h5,8-9,13,16H,1,6-7H2,2-4H3. The molecule has 0 amide bonds. The van der Waals surface area contributed by atoms with Crippen LogP contribution in [0.1, 0.15) is 35.6 Å². The van der Waals surface area contributed by atoms with Crippen LogP contribution >= 0.6 is 15.9 Å². The van der Waals surface area contributed by atoms with Gasteiger partial charge in [0.15, 0.2) is 0 Å². The predicted octanol–water partition coefficient (Wildman–Crippen LogP) is 4.29. The lowest BCUT2D eigenvalue weighted by atomic mass is 9.98. The average Bonchev–Trinajstić information content (AvgIpc) is 2.26. The Morgan fingerprint density at radius 1 is 1.38 bits per heavy atom. The molecule has 0 bridgehead atoms. The van der Waals surface area contributed by atoms with E-state index in [2.05, 4.69) is 53.8 Å². The number of aryl methyl sites for hydroxylation is 2. The Bertz CT molecular complexity index is 348. The lowest BCUT2D eigenvalue weighted by molar-refractivity contribution is 0.554. The minimum atomic E-state index is 0.420. The van der Waals surface area contributed by atoms with E-state index in [9.17, 15) is 0 Å². The highest BCUT2D eigenvalue weighted by atomic mass is 79.9. The third kappa shape index (κ3) is 3.19. The normalized spacial score (nSPS) is 12.5. The molecule has 1 aromatic carbocycles. The molecule has 2 heteroatoms. The fourth-order valence-corrected chi connectivity index (χ4v) is 2.17. The summed E-state index contributed by atoms with van der Waals surface area (Å²) in [5.74, 6) is 0. The van der Waals surface area contributed by atoms with Crippen molar-refractivity contribution in [3.63, 3.8) is 0 Å². The molecule has 16 heavy (non-hydrogen) atoms. The Morgan fingerprint density at radius 3 is 2.38 bits per heavy atom. The third-order valence-electron chi connectivity index (χ3n) is 2.87. The molecule has 0 aliphatic carbocycles. The van der Waals surface area contributed by atoms with Crippen molar-refractivity contribution in [1.82, 2.24) is 5.32 Å². The van der Waals surface area contributed by atoms with Crippen LogP contribution in [0.25, 0.3) is 0 Å². The van der Waals surface area contributed by atoms with Gasteiger partial charge in [-0.2, -0.15) is 0 Å². The highest BCUT2D eigenvalue weighted by Gasteiger charge is 2.10. The van der Waals surface area contributed by atoms with E-state index in [-0.39, 0.29) is 0 Å². The minimum Gasteiger partial charge on any atom is -0.313 e. The summed E-state index contributed by atoms with van der Waals surface area (Å²) >= 11 is 3.60. The van der Waals surface area contributed by atoms with Crippen molar-refractivity contribution in [3.05, 3.63) is 46.0 Å². The van der Waals surface area contributed by atoms with E-state index in [1.54, 1.807) is 0 Å². The van der Waals surface area contributed by atoms with Gasteiger partial charge in [0.05, 0.1) is 0 Å². The van der Waals surface area contributed by atoms with E-state index in [0.29, 0.717) is 6.04 Å². The smallest absolute Gasteiger partial charge is 0.0320 e. The van der Waals surface area contributed by atoms with Gasteiger partial charge in [0.25, 0.3) is 0 Å². The van der Waals surface area contributed by atoms with E-state index < -0.39 is 0 Å². The number of hydrogen-bond donors (Lipinski definition) is 1. The Balaban J connectivity index is 2.96. The molecule has 1 unspecified atom stereocenters. The maximum atomic E-state index is 3.77. The molecule has 1 rings (SSSR count). The number of halogens is 1.